The van der Waals surface area contributed by atoms with E-state index >= 15 is 0 Å². The van der Waals surface area contributed by atoms with E-state index in [1.54, 1.807) is 23.1 Å². The molecule has 0 N–H and O–H groups in total. The van der Waals surface area contributed by atoms with Crippen LogP contribution in [0.1, 0.15) is 16.8 Å². The van der Waals surface area contributed by atoms with Gasteiger partial charge in [-0.3, -0.25) is 14.4 Å². The zero-order valence-corrected chi connectivity index (χ0v) is 16.3. The molecule has 6 nitrogen and oxygen atoms in total. The normalized spacial score (nSPS) is 19.3. The Morgan fingerprint density at radius 3 is 2.10 bits per heavy atom. The molecule has 3 amide bonds. The predicted molar refractivity (Wildman–Crippen MR) is 106 cm³/mol. The standard InChI is InChI=1S/C22H21F2N3O3/c23-17-6-2-1-5-16(17)22(30)26-11-9-25(10-12-26)21(29)15-13-20(28)27(14-15)19-8-4-3-7-18(19)24/h1-8,15H,9-14H2. The van der Waals surface area contributed by atoms with Crippen molar-refractivity contribution in [2.75, 3.05) is 37.6 Å². The Labute approximate surface area is 172 Å². The van der Waals surface area contributed by atoms with Crippen molar-refractivity contribution >= 4 is 23.4 Å². The summed E-state index contributed by atoms with van der Waals surface area (Å²) in [6.07, 6.45) is 0.0293. The maximum absolute atomic E-state index is 14.0. The van der Waals surface area contributed by atoms with E-state index in [0.717, 1.165) is 0 Å². The summed E-state index contributed by atoms with van der Waals surface area (Å²) < 4.78 is 27.9. The fourth-order valence-corrected chi connectivity index (χ4v) is 3.97. The number of carbonyl (C=O) groups is 3. The predicted octanol–water partition coefficient (Wildman–Crippen LogP) is 2.30. The van der Waals surface area contributed by atoms with E-state index in [1.165, 1.54) is 40.1 Å². The van der Waals surface area contributed by atoms with Gasteiger partial charge in [-0.05, 0) is 24.3 Å². The first kappa shape index (κ1) is 20.0. The number of hydrogen-bond acceptors (Lipinski definition) is 3. The Morgan fingerprint density at radius 1 is 0.833 bits per heavy atom. The highest BCUT2D eigenvalue weighted by Gasteiger charge is 2.39. The summed E-state index contributed by atoms with van der Waals surface area (Å²) in [6, 6.07) is 11.8. The average Bonchev–Trinajstić information content (AvgIpc) is 3.15. The molecule has 2 saturated heterocycles. The van der Waals surface area contributed by atoms with Crippen LogP contribution in [-0.4, -0.2) is 60.2 Å². The first-order valence-corrected chi connectivity index (χ1v) is 9.83. The molecule has 1 atom stereocenters. The van der Waals surface area contributed by atoms with E-state index in [2.05, 4.69) is 0 Å². The lowest BCUT2D eigenvalue weighted by Gasteiger charge is -2.36. The molecule has 2 aromatic carbocycles. The fraction of sp³-hybridized carbons (Fsp3) is 0.318. The SMILES string of the molecule is O=C(c1ccccc1F)N1CCN(C(=O)C2CC(=O)N(c3ccccc3F)C2)CC1. The summed E-state index contributed by atoms with van der Waals surface area (Å²) in [6.45, 7) is 1.33. The fourth-order valence-electron chi connectivity index (χ4n) is 3.97. The van der Waals surface area contributed by atoms with Gasteiger partial charge in [0, 0.05) is 39.1 Å². The largest absolute Gasteiger partial charge is 0.339 e. The Kier molecular flexibility index (Phi) is 5.48. The van der Waals surface area contributed by atoms with E-state index in [9.17, 15) is 23.2 Å². The minimum absolute atomic E-state index is 0.0131. The number of hydrogen-bond donors (Lipinski definition) is 0. The number of piperazine rings is 1. The summed E-state index contributed by atoms with van der Waals surface area (Å²) in [5, 5.41) is 0. The summed E-state index contributed by atoms with van der Waals surface area (Å²) >= 11 is 0. The first-order valence-electron chi connectivity index (χ1n) is 9.83. The monoisotopic (exact) mass is 413 g/mol. The third kappa shape index (κ3) is 3.77. The van der Waals surface area contributed by atoms with Crippen molar-refractivity contribution in [3.63, 3.8) is 0 Å². The van der Waals surface area contributed by atoms with Gasteiger partial charge in [0.2, 0.25) is 11.8 Å². The molecule has 0 aromatic heterocycles. The van der Waals surface area contributed by atoms with E-state index in [4.69, 9.17) is 0 Å². The Balaban J connectivity index is 1.37. The summed E-state index contributed by atoms with van der Waals surface area (Å²) in [4.78, 5) is 42.2. The number of benzene rings is 2. The molecule has 1 unspecified atom stereocenters. The number of carbonyl (C=O) groups excluding carboxylic acids is 3. The van der Waals surface area contributed by atoms with Gasteiger partial charge in [-0.25, -0.2) is 8.78 Å². The second-order valence-electron chi connectivity index (χ2n) is 7.45. The van der Waals surface area contributed by atoms with Crippen LogP contribution in [0.5, 0.6) is 0 Å². The molecule has 30 heavy (non-hydrogen) atoms. The van der Waals surface area contributed by atoms with Crippen molar-refractivity contribution in [2.45, 2.75) is 6.42 Å². The number of anilines is 1. The second-order valence-corrected chi connectivity index (χ2v) is 7.45. The molecule has 0 saturated carbocycles. The lowest BCUT2D eigenvalue weighted by Crippen LogP contribution is -2.52. The Hall–Kier alpha value is -3.29. The van der Waals surface area contributed by atoms with Crippen molar-refractivity contribution < 1.29 is 23.2 Å². The lowest BCUT2D eigenvalue weighted by molar-refractivity contribution is -0.137. The molecule has 0 aliphatic carbocycles. The second kappa shape index (κ2) is 8.22. The molecule has 0 bridgehead atoms. The van der Waals surface area contributed by atoms with Gasteiger partial charge >= 0.3 is 0 Å². The molecule has 0 radical (unpaired) electrons. The molecule has 2 heterocycles. The van der Waals surface area contributed by atoms with Crippen LogP contribution in [0, 0.1) is 17.6 Å². The van der Waals surface area contributed by atoms with E-state index in [0.29, 0.717) is 13.1 Å². The van der Waals surface area contributed by atoms with Gasteiger partial charge in [0.25, 0.3) is 5.91 Å². The van der Waals surface area contributed by atoms with Gasteiger partial charge in [0.05, 0.1) is 17.2 Å². The molecule has 8 heteroatoms. The lowest BCUT2D eigenvalue weighted by atomic mass is 10.1. The highest BCUT2D eigenvalue weighted by Crippen LogP contribution is 2.28. The first-order chi connectivity index (χ1) is 14.5. The maximum atomic E-state index is 14.0. The Bertz CT molecular complexity index is 989. The average molecular weight is 413 g/mol. The van der Waals surface area contributed by atoms with Gasteiger partial charge in [0.15, 0.2) is 0 Å². The topological polar surface area (TPSA) is 60.9 Å². The molecular weight excluding hydrogens is 392 g/mol. The quantitative estimate of drug-likeness (QED) is 0.776. The highest BCUT2D eigenvalue weighted by molar-refractivity contribution is 6.00. The van der Waals surface area contributed by atoms with Crippen LogP contribution in [0.15, 0.2) is 48.5 Å². The van der Waals surface area contributed by atoms with E-state index in [-0.39, 0.29) is 49.1 Å². The minimum atomic E-state index is -0.571. The van der Waals surface area contributed by atoms with Gasteiger partial charge < -0.3 is 14.7 Å². The van der Waals surface area contributed by atoms with E-state index in [1.807, 2.05) is 0 Å². The van der Waals surface area contributed by atoms with Crippen LogP contribution in [0.25, 0.3) is 0 Å². The minimum Gasteiger partial charge on any atom is -0.339 e. The van der Waals surface area contributed by atoms with Crippen molar-refractivity contribution in [1.29, 1.82) is 0 Å². The zero-order chi connectivity index (χ0) is 21.3. The molecule has 0 spiro atoms. The van der Waals surface area contributed by atoms with Gasteiger partial charge in [-0.15, -0.1) is 0 Å². The van der Waals surface area contributed by atoms with Crippen LogP contribution < -0.4 is 4.90 Å². The molecule has 2 aliphatic rings. The third-order valence-electron chi connectivity index (χ3n) is 5.60. The number of nitrogens with zero attached hydrogens (tertiary/aromatic N) is 3. The van der Waals surface area contributed by atoms with Gasteiger partial charge in [-0.1, -0.05) is 24.3 Å². The summed E-state index contributed by atoms with van der Waals surface area (Å²) in [7, 11) is 0. The summed E-state index contributed by atoms with van der Waals surface area (Å²) in [5.74, 6) is -2.49. The molecule has 4 rings (SSSR count). The van der Waals surface area contributed by atoms with Crippen LogP contribution in [0.4, 0.5) is 14.5 Å². The molecule has 2 fully saturated rings. The van der Waals surface area contributed by atoms with Crippen molar-refractivity contribution in [3.8, 4) is 0 Å². The van der Waals surface area contributed by atoms with Crippen LogP contribution in [-0.2, 0) is 9.59 Å². The summed E-state index contributed by atoms with van der Waals surface area (Å²) in [5.41, 5.74) is 0.192. The van der Waals surface area contributed by atoms with Crippen molar-refractivity contribution in [1.82, 2.24) is 9.80 Å². The molecular formula is C22H21F2N3O3. The van der Waals surface area contributed by atoms with Gasteiger partial charge in [-0.2, -0.15) is 0 Å². The number of para-hydroxylation sites is 1. The zero-order valence-electron chi connectivity index (χ0n) is 16.3. The van der Waals surface area contributed by atoms with E-state index < -0.39 is 23.5 Å². The van der Waals surface area contributed by atoms with Crippen LogP contribution in [0.3, 0.4) is 0 Å². The van der Waals surface area contributed by atoms with Crippen molar-refractivity contribution in [3.05, 3.63) is 65.7 Å². The van der Waals surface area contributed by atoms with Crippen LogP contribution in [0.2, 0.25) is 0 Å². The Morgan fingerprint density at radius 2 is 1.43 bits per heavy atom. The maximum Gasteiger partial charge on any atom is 0.256 e. The molecule has 2 aliphatic heterocycles. The van der Waals surface area contributed by atoms with Gasteiger partial charge in [0.1, 0.15) is 11.6 Å². The number of halogens is 2. The number of amides is 3. The van der Waals surface area contributed by atoms with Crippen molar-refractivity contribution in [2.24, 2.45) is 5.92 Å². The molecule has 2 aromatic rings. The van der Waals surface area contributed by atoms with Crippen LogP contribution >= 0.6 is 0 Å². The smallest absolute Gasteiger partial charge is 0.256 e. The number of rotatable bonds is 3. The molecule has 156 valence electrons. The highest BCUT2D eigenvalue weighted by atomic mass is 19.1. The third-order valence-corrected chi connectivity index (χ3v) is 5.60.